The molecule has 0 saturated carbocycles. The Bertz CT molecular complexity index is 606. The molecule has 0 saturated heterocycles. The maximum absolute atomic E-state index is 12.4. The zero-order chi connectivity index (χ0) is 18.8. The molecule has 1 aromatic rings. The number of esters is 1. The summed E-state index contributed by atoms with van der Waals surface area (Å²) in [6.45, 7) is 2.23. The van der Waals surface area contributed by atoms with E-state index in [1.807, 2.05) is 0 Å². The Morgan fingerprint density at radius 1 is 1.24 bits per heavy atom. The highest BCUT2D eigenvalue weighted by Crippen LogP contribution is 2.24. The van der Waals surface area contributed by atoms with Crippen molar-refractivity contribution in [3.63, 3.8) is 0 Å². The van der Waals surface area contributed by atoms with Crippen molar-refractivity contribution in [3.05, 3.63) is 29.8 Å². The molecule has 8 heteroatoms. The van der Waals surface area contributed by atoms with Gasteiger partial charge in [-0.3, -0.25) is 9.59 Å². The van der Waals surface area contributed by atoms with Gasteiger partial charge >= 0.3 is 5.97 Å². The van der Waals surface area contributed by atoms with E-state index in [2.05, 4.69) is 5.32 Å². The molecule has 2 amide bonds. The normalized spacial score (nSPS) is 11.5. The fourth-order valence-electron chi connectivity index (χ4n) is 1.73. The highest BCUT2D eigenvalue weighted by Gasteiger charge is 2.21. The lowest BCUT2D eigenvalue weighted by molar-refractivity contribution is -0.129. The molecule has 0 heterocycles. The van der Waals surface area contributed by atoms with Crippen molar-refractivity contribution in [1.29, 1.82) is 0 Å². The van der Waals surface area contributed by atoms with E-state index in [0.29, 0.717) is 23.6 Å². The van der Waals surface area contributed by atoms with E-state index in [1.54, 1.807) is 38.4 Å². The summed E-state index contributed by atoms with van der Waals surface area (Å²) in [4.78, 5) is 38.0. The van der Waals surface area contributed by atoms with Crippen LogP contribution in [0.1, 0.15) is 17.3 Å². The first-order chi connectivity index (χ1) is 11.9. The Hall–Kier alpha value is -2.06. The van der Waals surface area contributed by atoms with Crippen molar-refractivity contribution in [3.8, 4) is 0 Å². The summed E-state index contributed by atoms with van der Waals surface area (Å²) in [7, 11) is 4.88. The summed E-state index contributed by atoms with van der Waals surface area (Å²) in [6, 6.07) is 6.84. The van der Waals surface area contributed by atoms with Crippen molar-refractivity contribution in [2.45, 2.75) is 17.9 Å². The Labute approximate surface area is 152 Å². The van der Waals surface area contributed by atoms with E-state index in [4.69, 9.17) is 9.47 Å². The number of nitrogens with one attached hydrogen (secondary N) is 1. The molecule has 0 aliphatic rings. The molecule has 0 aliphatic heterocycles. The number of nitrogens with zero attached hydrogens (tertiary/aromatic N) is 1. The van der Waals surface area contributed by atoms with Gasteiger partial charge in [0.05, 0.1) is 17.9 Å². The number of ether oxygens (including phenoxy) is 2. The SMILES string of the molecule is COCCNC(=O)[C@@H](C)OC(=O)c1ccccc1SCC(=O)N(C)C. The minimum atomic E-state index is -0.925. The number of methoxy groups -OCH3 is 1. The van der Waals surface area contributed by atoms with Crippen LogP contribution >= 0.6 is 11.8 Å². The summed E-state index contributed by atoms with van der Waals surface area (Å²) in [5.41, 5.74) is 0.329. The number of hydrogen-bond acceptors (Lipinski definition) is 6. The number of benzene rings is 1. The fraction of sp³-hybridized carbons (Fsp3) is 0.471. The summed E-state index contributed by atoms with van der Waals surface area (Å²) >= 11 is 1.26. The molecule has 25 heavy (non-hydrogen) atoms. The average Bonchev–Trinajstić information content (AvgIpc) is 2.59. The van der Waals surface area contributed by atoms with Gasteiger partial charge in [0.2, 0.25) is 5.91 Å². The Balaban J connectivity index is 2.68. The van der Waals surface area contributed by atoms with Gasteiger partial charge in [-0.2, -0.15) is 0 Å². The van der Waals surface area contributed by atoms with Crippen LogP contribution in [0.3, 0.4) is 0 Å². The maximum atomic E-state index is 12.4. The summed E-state index contributed by atoms with van der Waals surface area (Å²) < 4.78 is 10.1. The van der Waals surface area contributed by atoms with Gasteiger partial charge in [0, 0.05) is 32.6 Å². The summed E-state index contributed by atoms with van der Waals surface area (Å²) in [5.74, 6) is -0.836. The maximum Gasteiger partial charge on any atom is 0.340 e. The first-order valence-electron chi connectivity index (χ1n) is 7.76. The minimum Gasteiger partial charge on any atom is -0.449 e. The number of hydrogen-bond donors (Lipinski definition) is 1. The second-order valence-corrected chi connectivity index (χ2v) is 6.42. The molecule has 0 aliphatic carbocycles. The van der Waals surface area contributed by atoms with Gasteiger partial charge in [-0.05, 0) is 19.1 Å². The molecule has 0 fully saturated rings. The van der Waals surface area contributed by atoms with Gasteiger partial charge < -0.3 is 19.7 Å². The van der Waals surface area contributed by atoms with Crippen LogP contribution in [-0.4, -0.2) is 68.9 Å². The molecule has 0 bridgehead atoms. The third kappa shape index (κ3) is 7.15. The molecule has 138 valence electrons. The zero-order valence-electron chi connectivity index (χ0n) is 14.9. The lowest BCUT2D eigenvalue weighted by Gasteiger charge is -2.15. The first-order valence-corrected chi connectivity index (χ1v) is 8.75. The molecule has 1 atom stereocenters. The van der Waals surface area contributed by atoms with Crippen molar-refractivity contribution < 1.29 is 23.9 Å². The van der Waals surface area contributed by atoms with Crippen LogP contribution < -0.4 is 5.32 Å². The van der Waals surface area contributed by atoms with E-state index >= 15 is 0 Å². The topological polar surface area (TPSA) is 84.9 Å². The van der Waals surface area contributed by atoms with Crippen molar-refractivity contribution >= 4 is 29.5 Å². The Kier molecular flexibility index (Phi) is 9.01. The van der Waals surface area contributed by atoms with Crippen LogP contribution in [-0.2, 0) is 19.1 Å². The molecule has 0 spiro atoms. The van der Waals surface area contributed by atoms with E-state index in [1.165, 1.54) is 30.7 Å². The highest BCUT2D eigenvalue weighted by atomic mass is 32.2. The van der Waals surface area contributed by atoms with Gasteiger partial charge in [0.25, 0.3) is 5.91 Å². The summed E-state index contributed by atoms with van der Waals surface area (Å²) in [5, 5.41) is 2.61. The average molecular weight is 368 g/mol. The van der Waals surface area contributed by atoms with Gasteiger partial charge in [0.1, 0.15) is 0 Å². The van der Waals surface area contributed by atoms with Gasteiger partial charge in [-0.25, -0.2) is 4.79 Å². The van der Waals surface area contributed by atoms with Gasteiger partial charge in [0.15, 0.2) is 6.10 Å². The summed E-state index contributed by atoms with van der Waals surface area (Å²) in [6.07, 6.45) is -0.925. The molecular weight excluding hydrogens is 344 g/mol. The standard InChI is InChI=1S/C17H24N2O5S/c1-12(16(21)18-9-10-23-4)24-17(22)13-7-5-6-8-14(13)25-11-15(20)19(2)3/h5-8,12H,9-11H2,1-4H3,(H,18,21)/t12-/m1/s1. The Morgan fingerprint density at radius 3 is 2.56 bits per heavy atom. The number of amides is 2. The van der Waals surface area contributed by atoms with E-state index in [-0.39, 0.29) is 11.7 Å². The van der Waals surface area contributed by atoms with E-state index in [0.717, 1.165) is 0 Å². The Morgan fingerprint density at radius 2 is 1.92 bits per heavy atom. The van der Waals surface area contributed by atoms with Crippen LogP contribution in [0, 0.1) is 0 Å². The van der Waals surface area contributed by atoms with Gasteiger partial charge in [-0.15, -0.1) is 11.8 Å². The third-order valence-corrected chi connectivity index (χ3v) is 4.27. The second-order valence-electron chi connectivity index (χ2n) is 5.40. The number of thioether (sulfide) groups is 1. The van der Waals surface area contributed by atoms with Crippen molar-refractivity contribution in [2.75, 3.05) is 40.1 Å². The fourth-order valence-corrected chi connectivity index (χ4v) is 2.75. The van der Waals surface area contributed by atoms with Crippen LogP contribution in [0.5, 0.6) is 0 Å². The molecule has 0 aromatic heterocycles. The van der Waals surface area contributed by atoms with Crippen molar-refractivity contribution in [1.82, 2.24) is 10.2 Å². The molecular formula is C17H24N2O5S. The van der Waals surface area contributed by atoms with Crippen molar-refractivity contribution in [2.24, 2.45) is 0 Å². The quantitative estimate of drug-likeness (QED) is 0.400. The molecule has 0 radical (unpaired) electrons. The molecule has 1 rings (SSSR count). The minimum absolute atomic E-state index is 0.0564. The second kappa shape index (κ2) is 10.7. The largest absolute Gasteiger partial charge is 0.449 e. The van der Waals surface area contributed by atoms with E-state index < -0.39 is 18.0 Å². The zero-order valence-corrected chi connectivity index (χ0v) is 15.7. The van der Waals surface area contributed by atoms with Crippen LogP contribution in [0.25, 0.3) is 0 Å². The third-order valence-electron chi connectivity index (χ3n) is 3.22. The molecule has 0 unspecified atom stereocenters. The molecule has 7 nitrogen and oxygen atoms in total. The van der Waals surface area contributed by atoms with Crippen LogP contribution in [0.15, 0.2) is 29.2 Å². The van der Waals surface area contributed by atoms with E-state index in [9.17, 15) is 14.4 Å². The van der Waals surface area contributed by atoms with Crippen LogP contribution in [0.2, 0.25) is 0 Å². The highest BCUT2D eigenvalue weighted by molar-refractivity contribution is 8.00. The number of carbonyl (C=O) groups is 3. The molecule has 1 aromatic carbocycles. The van der Waals surface area contributed by atoms with Gasteiger partial charge in [-0.1, -0.05) is 12.1 Å². The first kappa shape index (κ1) is 21.0. The number of carbonyl (C=O) groups excluding carboxylic acids is 3. The number of rotatable bonds is 9. The predicted octanol–water partition coefficient (Wildman–Crippen LogP) is 1.17. The monoisotopic (exact) mass is 368 g/mol. The predicted molar refractivity (Wildman–Crippen MR) is 95.6 cm³/mol. The smallest absolute Gasteiger partial charge is 0.340 e. The molecule has 1 N–H and O–H groups in total. The lowest BCUT2D eigenvalue weighted by Crippen LogP contribution is -2.37. The lowest BCUT2D eigenvalue weighted by atomic mass is 10.2. The van der Waals surface area contributed by atoms with Crippen LogP contribution in [0.4, 0.5) is 0 Å².